The van der Waals surface area contributed by atoms with E-state index in [4.69, 9.17) is 15.2 Å². The van der Waals surface area contributed by atoms with Crippen LogP contribution in [0.25, 0.3) is 0 Å². The van der Waals surface area contributed by atoms with E-state index in [0.717, 1.165) is 17.1 Å². The molecule has 0 fully saturated rings. The first kappa shape index (κ1) is 17.8. The first-order valence-electron chi connectivity index (χ1n) is 8.32. The Bertz CT molecular complexity index is 400. The van der Waals surface area contributed by atoms with Gasteiger partial charge in [0, 0.05) is 6.04 Å². The highest BCUT2D eigenvalue weighted by molar-refractivity contribution is 5.44. The lowest BCUT2D eigenvalue weighted by atomic mass is 9.86. The molecule has 2 N–H and O–H groups in total. The maximum absolute atomic E-state index is 6.50. The van der Waals surface area contributed by atoms with Crippen LogP contribution in [0.3, 0.4) is 0 Å². The molecule has 120 valence electrons. The second-order valence-electron chi connectivity index (χ2n) is 5.44. The molecule has 0 heterocycles. The molecule has 0 amide bonds. The van der Waals surface area contributed by atoms with Gasteiger partial charge in [-0.15, -0.1) is 0 Å². The van der Waals surface area contributed by atoms with Crippen LogP contribution in [0.4, 0.5) is 0 Å². The van der Waals surface area contributed by atoms with Crippen LogP contribution >= 0.6 is 0 Å². The van der Waals surface area contributed by atoms with Crippen molar-refractivity contribution < 1.29 is 9.47 Å². The normalized spacial score (nSPS) is 12.5. The van der Waals surface area contributed by atoms with Crippen LogP contribution in [0.1, 0.15) is 65.0 Å². The number of rotatable bonds is 10. The minimum atomic E-state index is 0.0692. The van der Waals surface area contributed by atoms with Crippen LogP contribution in [-0.4, -0.2) is 13.2 Å². The van der Waals surface area contributed by atoms with Crippen molar-refractivity contribution in [3.63, 3.8) is 0 Å². The quantitative estimate of drug-likeness (QED) is 0.680. The molecule has 3 nitrogen and oxygen atoms in total. The van der Waals surface area contributed by atoms with Crippen LogP contribution in [0, 0.1) is 5.92 Å². The molecule has 0 aliphatic heterocycles. The summed E-state index contributed by atoms with van der Waals surface area (Å²) < 4.78 is 11.3. The predicted octanol–water partition coefficient (Wildman–Crippen LogP) is 4.70. The molecule has 0 spiro atoms. The maximum Gasteiger partial charge on any atom is 0.161 e. The molecule has 1 atom stereocenters. The Kier molecular flexibility index (Phi) is 8.21. The first-order chi connectivity index (χ1) is 10.2. The topological polar surface area (TPSA) is 44.5 Å². The molecule has 1 rings (SSSR count). The number of hydrogen-bond acceptors (Lipinski definition) is 3. The van der Waals surface area contributed by atoms with E-state index in [-0.39, 0.29) is 6.04 Å². The van der Waals surface area contributed by atoms with Gasteiger partial charge in [-0.05, 0) is 50.3 Å². The van der Waals surface area contributed by atoms with Gasteiger partial charge in [-0.25, -0.2) is 0 Å². The Balaban J connectivity index is 2.96. The number of benzene rings is 1. The zero-order chi connectivity index (χ0) is 15.7. The van der Waals surface area contributed by atoms with E-state index in [1.165, 1.54) is 25.7 Å². The lowest BCUT2D eigenvalue weighted by Crippen LogP contribution is -2.21. The zero-order valence-corrected chi connectivity index (χ0v) is 14.0. The Labute approximate surface area is 129 Å². The lowest BCUT2D eigenvalue weighted by molar-refractivity contribution is 0.286. The summed E-state index contributed by atoms with van der Waals surface area (Å²) in [6.07, 6.45) is 4.69. The summed E-state index contributed by atoms with van der Waals surface area (Å²) in [6.45, 7) is 9.68. The van der Waals surface area contributed by atoms with E-state index in [0.29, 0.717) is 19.1 Å². The SMILES string of the molecule is CCCC(CCC)C(N)c1ccc(OCC)c(OCC)c1. The lowest BCUT2D eigenvalue weighted by Gasteiger charge is -2.24. The van der Waals surface area contributed by atoms with Crippen molar-refractivity contribution in [2.75, 3.05) is 13.2 Å². The molecular formula is C18H31NO2. The summed E-state index contributed by atoms with van der Waals surface area (Å²) in [4.78, 5) is 0. The molecule has 0 saturated heterocycles. The van der Waals surface area contributed by atoms with Gasteiger partial charge in [0.05, 0.1) is 13.2 Å². The summed E-state index contributed by atoms with van der Waals surface area (Å²) in [5.74, 6) is 2.14. The van der Waals surface area contributed by atoms with Gasteiger partial charge in [-0.3, -0.25) is 0 Å². The molecule has 1 aromatic carbocycles. The smallest absolute Gasteiger partial charge is 0.161 e. The van der Waals surface area contributed by atoms with Crippen molar-refractivity contribution in [2.45, 2.75) is 59.4 Å². The van der Waals surface area contributed by atoms with Crippen LogP contribution in [0.2, 0.25) is 0 Å². The molecule has 1 unspecified atom stereocenters. The Morgan fingerprint density at radius 3 is 2.00 bits per heavy atom. The first-order valence-corrected chi connectivity index (χ1v) is 8.32. The van der Waals surface area contributed by atoms with Crippen LogP contribution in [0.15, 0.2) is 18.2 Å². The fourth-order valence-electron chi connectivity index (χ4n) is 2.79. The van der Waals surface area contributed by atoms with Gasteiger partial charge in [-0.2, -0.15) is 0 Å². The third kappa shape index (κ3) is 5.24. The molecule has 0 aliphatic carbocycles. The van der Waals surface area contributed by atoms with Crippen LogP contribution in [0.5, 0.6) is 11.5 Å². The van der Waals surface area contributed by atoms with Gasteiger partial charge >= 0.3 is 0 Å². The van der Waals surface area contributed by atoms with E-state index >= 15 is 0 Å². The molecule has 21 heavy (non-hydrogen) atoms. The van der Waals surface area contributed by atoms with E-state index in [2.05, 4.69) is 26.0 Å². The minimum Gasteiger partial charge on any atom is -0.490 e. The molecule has 0 aromatic heterocycles. The molecule has 1 aromatic rings. The fourth-order valence-corrected chi connectivity index (χ4v) is 2.79. The average molecular weight is 293 g/mol. The Morgan fingerprint density at radius 1 is 0.905 bits per heavy atom. The molecule has 0 saturated carbocycles. The number of nitrogens with two attached hydrogens (primary N) is 1. The molecule has 3 heteroatoms. The molecule has 0 radical (unpaired) electrons. The highest BCUT2D eigenvalue weighted by atomic mass is 16.5. The third-order valence-electron chi connectivity index (χ3n) is 3.78. The van der Waals surface area contributed by atoms with Crippen LogP contribution < -0.4 is 15.2 Å². The summed E-state index contributed by atoms with van der Waals surface area (Å²) in [5.41, 5.74) is 7.65. The Morgan fingerprint density at radius 2 is 1.48 bits per heavy atom. The second-order valence-corrected chi connectivity index (χ2v) is 5.44. The monoisotopic (exact) mass is 293 g/mol. The van der Waals surface area contributed by atoms with Crippen molar-refractivity contribution in [3.05, 3.63) is 23.8 Å². The average Bonchev–Trinajstić information content (AvgIpc) is 2.48. The van der Waals surface area contributed by atoms with Gasteiger partial charge < -0.3 is 15.2 Å². The van der Waals surface area contributed by atoms with E-state index in [1.54, 1.807) is 0 Å². The van der Waals surface area contributed by atoms with Crippen molar-refractivity contribution >= 4 is 0 Å². The van der Waals surface area contributed by atoms with E-state index in [1.807, 2.05) is 19.9 Å². The number of hydrogen-bond donors (Lipinski definition) is 1. The van der Waals surface area contributed by atoms with Crippen LogP contribution in [-0.2, 0) is 0 Å². The van der Waals surface area contributed by atoms with Crippen molar-refractivity contribution in [3.8, 4) is 11.5 Å². The van der Waals surface area contributed by atoms with Crippen molar-refractivity contribution in [1.82, 2.24) is 0 Å². The minimum absolute atomic E-state index is 0.0692. The Hall–Kier alpha value is -1.22. The molecule has 0 bridgehead atoms. The second kappa shape index (κ2) is 9.67. The molecular weight excluding hydrogens is 262 g/mol. The summed E-state index contributed by atoms with van der Waals surface area (Å²) in [5, 5.41) is 0. The van der Waals surface area contributed by atoms with Crippen molar-refractivity contribution in [1.29, 1.82) is 0 Å². The maximum atomic E-state index is 6.50. The fraction of sp³-hybridized carbons (Fsp3) is 0.667. The summed E-state index contributed by atoms with van der Waals surface area (Å²) in [7, 11) is 0. The van der Waals surface area contributed by atoms with Gasteiger partial charge in [0.15, 0.2) is 11.5 Å². The highest BCUT2D eigenvalue weighted by Gasteiger charge is 2.19. The third-order valence-corrected chi connectivity index (χ3v) is 3.78. The van der Waals surface area contributed by atoms with Gasteiger partial charge in [0.2, 0.25) is 0 Å². The largest absolute Gasteiger partial charge is 0.490 e. The van der Waals surface area contributed by atoms with Gasteiger partial charge in [0.1, 0.15) is 0 Å². The molecule has 0 aliphatic rings. The summed E-state index contributed by atoms with van der Waals surface area (Å²) >= 11 is 0. The predicted molar refractivity (Wildman–Crippen MR) is 89.0 cm³/mol. The summed E-state index contributed by atoms with van der Waals surface area (Å²) in [6, 6.07) is 6.19. The number of ether oxygens (including phenoxy) is 2. The highest BCUT2D eigenvalue weighted by Crippen LogP contribution is 2.34. The van der Waals surface area contributed by atoms with Gasteiger partial charge in [0.25, 0.3) is 0 Å². The van der Waals surface area contributed by atoms with E-state index < -0.39 is 0 Å². The standard InChI is InChI=1S/C18H31NO2/c1-5-9-14(10-6-2)18(19)15-11-12-16(20-7-3)17(13-15)21-8-4/h11-14,18H,5-10,19H2,1-4H3. The zero-order valence-electron chi connectivity index (χ0n) is 14.0. The van der Waals surface area contributed by atoms with Gasteiger partial charge in [-0.1, -0.05) is 32.8 Å². The van der Waals surface area contributed by atoms with Crippen molar-refractivity contribution in [2.24, 2.45) is 11.7 Å². The van der Waals surface area contributed by atoms with E-state index in [9.17, 15) is 0 Å².